The average molecular weight is 236 g/mol. The fourth-order valence-electron chi connectivity index (χ4n) is 1.12. The Morgan fingerprint density at radius 2 is 2.12 bits per heavy atom. The minimum absolute atomic E-state index is 0.373. The van der Waals surface area contributed by atoms with Gasteiger partial charge in [0.25, 0.3) is 0 Å². The van der Waals surface area contributed by atoms with E-state index in [1.165, 1.54) is 7.11 Å². The molecule has 92 valence electrons. The van der Waals surface area contributed by atoms with Crippen molar-refractivity contribution < 1.29 is 14.3 Å². The van der Waals surface area contributed by atoms with Crippen LogP contribution in [0.5, 0.6) is 0 Å². The Bertz CT molecular complexity index is 514. The summed E-state index contributed by atoms with van der Waals surface area (Å²) < 4.78 is 6.42. The number of esters is 1. The van der Waals surface area contributed by atoms with Gasteiger partial charge in [0.05, 0.1) is 29.7 Å². The third kappa shape index (κ3) is 3.71. The first-order valence-corrected chi connectivity index (χ1v) is 4.81. The summed E-state index contributed by atoms with van der Waals surface area (Å²) in [6.45, 7) is 7.61. The van der Waals surface area contributed by atoms with Crippen molar-refractivity contribution in [2.24, 2.45) is 7.05 Å². The first-order chi connectivity index (χ1) is 8.10. The van der Waals surface area contributed by atoms with Gasteiger partial charge in [-0.1, -0.05) is 12.7 Å². The second kappa shape index (κ2) is 7.16. The normalized spacial score (nSPS) is 11.7. The van der Waals surface area contributed by atoms with E-state index in [0.717, 1.165) is 5.35 Å². The molecule has 0 aliphatic carbocycles. The number of aryl methyl sites for hydroxylation is 1. The second-order valence-corrected chi connectivity index (χ2v) is 3.07. The minimum atomic E-state index is -0.373. The molecule has 0 amide bonds. The van der Waals surface area contributed by atoms with Gasteiger partial charge in [0, 0.05) is 7.05 Å². The SMILES string of the molecule is C=O.C=c1/c(=C\C(=C\C)C(=O)OC)ncn1C. The van der Waals surface area contributed by atoms with Gasteiger partial charge in [0.15, 0.2) is 0 Å². The van der Waals surface area contributed by atoms with Gasteiger partial charge in [-0.2, -0.15) is 0 Å². The number of carbonyl (C=O) groups excluding carboxylic acids is 2. The summed E-state index contributed by atoms with van der Waals surface area (Å²) in [6, 6.07) is 0. The number of ether oxygens (including phenoxy) is 1. The molecule has 1 rings (SSSR count). The van der Waals surface area contributed by atoms with Crippen molar-refractivity contribution in [3.63, 3.8) is 0 Å². The summed E-state index contributed by atoms with van der Waals surface area (Å²) in [5.41, 5.74) is 0.473. The van der Waals surface area contributed by atoms with E-state index in [2.05, 4.69) is 16.3 Å². The van der Waals surface area contributed by atoms with Gasteiger partial charge >= 0.3 is 5.97 Å². The van der Waals surface area contributed by atoms with Crippen LogP contribution < -0.4 is 10.7 Å². The molecule has 5 heteroatoms. The zero-order valence-electron chi connectivity index (χ0n) is 10.3. The van der Waals surface area contributed by atoms with Crippen LogP contribution in [0.1, 0.15) is 6.92 Å². The van der Waals surface area contributed by atoms with Crippen molar-refractivity contribution in [2.45, 2.75) is 6.92 Å². The van der Waals surface area contributed by atoms with Crippen molar-refractivity contribution in [1.82, 2.24) is 9.55 Å². The number of allylic oxidation sites excluding steroid dienone is 1. The largest absolute Gasteiger partial charge is 0.465 e. The Morgan fingerprint density at radius 1 is 1.53 bits per heavy atom. The zero-order chi connectivity index (χ0) is 13.4. The number of hydrogen-bond acceptors (Lipinski definition) is 4. The molecular formula is C12H16N2O3. The maximum atomic E-state index is 11.3. The molecule has 1 aromatic heterocycles. The maximum Gasteiger partial charge on any atom is 0.337 e. The Hall–Kier alpha value is -2.17. The Kier molecular flexibility index (Phi) is 6.25. The Balaban J connectivity index is 0.00000121. The van der Waals surface area contributed by atoms with Crippen molar-refractivity contribution in [3.05, 3.63) is 28.7 Å². The highest BCUT2D eigenvalue weighted by Gasteiger charge is 2.04. The zero-order valence-corrected chi connectivity index (χ0v) is 10.3. The molecule has 0 bridgehead atoms. The first-order valence-electron chi connectivity index (χ1n) is 4.81. The van der Waals surface area contributed by atoms with E-state index in [0.29, 0.717) is 10.9 Å². The average Bonchev–Trinajstić information content (AvgIpc) is 2.69. The molecule has 0 aliphatic heterocycles. The molecule has 0 radical (unpaired) electrons. The number of carbonyl (C=O) groups is 2. The van der Waals surface area contributed by atoms with Crippen LogP contribution in [0, 0.1) is 0 Å². The van der Waals surface area contributed by atoms with Crippen LogP contribution in [0.2, 0.25) is 0 Å². The molecule has 0 atom stereocenters. The predicted molar refractivity (Wildman–Crippen MR) is 65.3 cm³/mol. The number of nitrogens with zero attached hydrogens (tertiary/aromatic N) is 2. The molecule has 0 N–H and O–H groups in total. The molecule has 5 nitrogen and oxygen atoms in total. The van der Waals surface area contributed by atoms with Crippen molar-refractivity contribution in [2.75, 3.05) is 7.11 Å². The summed E-state index contributed by atoms with van der Waals surface area (Å²) in [6.07, 6.45) is 4.99. The smallest absolute Gasteiger partial charge is 0.337 e. The van der Waals surface area contributed by atoms with Gasteiger partial charge in [-0.05, 0) is 13.0 Å². The third-order valence-electron chi connectivity index (χ3n) is 2.12. The van der Waals surface area contributed by atoms with Gasteiger partial charge < -0.3 is 14.1 Å². The number of imidazole rings is 1. The van der Waals surface area contributed by atoms with Crippen LogP contribution in [0.15, 0.2) is 18.0 Å². The number of hydrogen-bond donors (Lipinski definition) is 0. The minimum Gasteiger partial charge on any atom is -0.465 e. The predicted octanol–water partition coefficient (Wildman–Crippen LogP) is -0.455. The molecule has 1 heterocycles. The van der Waals surface area contributed by atoms with E-state index < -0.39 is 0 Å². The monoisotopic (exact) mass is 236 g/mol. The van der Waals surface area contributed by atoms with E-state index >= 15 is 0 Å². The Morgan fingerprint density at radius 3 is 2.47 bits per heavy atom. The van der Waals surface area contributed by atoms with Crippen LogP contribution >= 0.6 is 0 Å². The maximum absolute atomic E-state index is 11.3. The van der Waals surface area contributed by atoms with Crippen LogP contribution in [-0.4, -0.2) is 29.4 Å². The summed E-state index contributed by atoms with van der Waals surface area (Å²) >= 11 is 0. The molecule has 0 fully saturated rings. The quantitative estimate of drug-likeness (QED) is 0.515. The van der Waals surface area contributed by atoms with E-state index in [4.69, 9.17) is 4.79 Å². The van der Waals surface area contributed by atoms with Crippen LogP contribution in [0.25, 0.3) is 12.7 Å². The van der Waals surface area contributed by atoms with Gasteiger partial charge in [-0.25, -0.2) is 9.78 Å². The molecule has 0 saturated heterocycles. The summed E-state index contributed by atoms with van der Waals surface area (Å²) in [5.74, 6) is -0.373. The van der Waals surface area contributed by atoms with Gasteiger partial charge in [0.1, 0.15) is 6.79 Å². The van der Waals surface area contributed by atoms with E-state index in [1.807, 2.05) is 13.8 Å². The van der Waals surface area contributed by atoms with Crippen molar-refractivity contribution in [3.8, 4) is 0 Å². The summed E-state index contributed by atoms with van der Waals surface area (Å²) in [5, 5.41) is 1.44. The molecule has 1 aromatic rings. The third-order valence-corrected chi connectivity index (χ3v) is 2.12. The first kappa shape index (κ1) is 14.8. The number of rotatable bonds is 2. The van der Waals surface area contributed by atoms with Crippen LogP contribution in [0.4, 0.5) is 0 Å². The highest BCUT2D eigenvalue weighted by molar-refractivity contribution is 5.97. The molecule has 0 spiro atoms. The number of methoxy groups -OCH3 is 1. The fourth-order valence-corrected chi connectivity index (χ4v) is 1.12. The van der Waals surface area contributed by atoms with E-state index in [1.54, 1.807) is 30.0 Å². The lowest BCUT2D eigenvalue weighted by Crippen LogP contribution is -2.27. The molecule has 0 aliphatic rings. The van der Waals surface area contributed by atoms with Crippen LogP contribution in [-0.2, 0) is 21.4 Å². The topological polar surface area (TPSA) is 61.2 Å². The highest BCUT2D eigenvalue weighted by atomic mass is 16.5. The van der Waals surface area contributed by atoms with Gasteiger partial charge in [-0.15, -0.1) is 0 Å². The lowest BCUT2D eigenvalue weighted by Gasteiger charge is -1.96. The fraction of sp³-hybridized carbons (Fsp3) is 0.250. The molecular weight excluding hydrogens is 220 g/mol. The molecule has 0 unspecified atom stereocenters. The van der Waals surface area contributed by atoms with Gasteiger partial charge in [0.2, 0.25) is 0 Å². The van der Waals surface area contributed by atoms with Crippen LogP contribution in [0.3, 0.4) is 0 Å². The lowest BCUT2D eigenvalue weighted by molar-refractivity contribution is -0.135. The van der Waals surface area contributed by atoms with E-state index in [-0.39, 0.29) is 5.97 Å². The lowest BCUT2D eigenvalue weighted by atomic mass is 10.2. The highest BCUT2D eigenvalue weighted by Crippen LogP contribution is 1.97. The van der Waals surface area contributed by atoms with Gasteiger partial charge in [-0.3, -0.25) is 0 Å². The summed E-state index contributed by atoms with van der Waals surface area (Å²) in [7, 11) is 3.20. The van der Waals surface area contributed by atoms with E-state index in [9.17, 15) is 4.79 Å². The molecule has 0 saturated carbocycles. The number of aromatic nitrogens is 2. The summed E-state index contributed by atoms with van der Waals surface area (Å²) in [4.78, 5) is 23.4. The Labute approximate surface area is 99.7 Å². The second-order valence-electron chi connectivity index (χ2n) is 3.07. The molecule has 0 aromatic carbocycles. The molecule has 17 heavy (non-hydrogen) atoms. The standard InChI is InChI=1S/C11H14N2O2.CH2O/c1-5-9(11(14)15-4)6-10-8(2)13(3)7-12-10;1-2/h5-7H,2H2,1,3-4H3;1H2/b9-5-,10-6+;. The van der Waals surface area contributed by atoms with Crippen molar-refractivity contribution >= 4 is 25.4 Å². The van der Waals surface area contributed by atoms with Crippen molar-refractivity contribution in [1.29, 1.82) is 0 Å².